The summed E-state index contributed by atoms with van der Waals surface area (Å²) in [5, 5.41) is 7.57. The Balaban J connectivity index is 1.48. The van der Waals surface area contributed by atoms with Gasteiger partial charge in [-0.1, -0.05) is 72.3 Å². The van der Waals surface area contributed by atoms with Crippen molar-refractivity contribution in [2.24, 2.45) is 5.10 Å². The van der Waals surface area contributed by atoms with Crippen LogP contribution in [0.3, 0.4) is 0 Å². The topological polar surface area (TPSA) is 98.2 Å². The summed E-state index contributed by atoms with van der Waals surface area (Å²) in [7, 11) is 0. The molecule has 35 heavy (non-hydrogen) atoms. The highest BCUT2D eigenvalue weighted by atomic mass is 16.1. The lowest BCUT2D eigenvalue weighted by Gasteiger charge is -2.06. The summed E-state index contributed by atoms with van der Waals surface area (Å²) in [6.45, 7) is 2.54. The van der Waals surface area contributed by atoms with Crippen LogP contribution >= 0.6 is 0 Å². The van der Waals surface area contributed by atoms with Gasteiger partial charge in [0.05, 0.1) is 17.2 Å². The van der Waals surface area contributed by atoms with Crippen molar-refractivity contribution in [3.05, 3.63) is 101 Å². The molecule has 3 N–H and O–H groups in total. The van der Waals surface area contributed by atoms with E-state index < -0.39 is 0 Å². The summed E-state index contributed by atoms with van der Waals surface area (Å²) in [4.78, 5) is 22.7. The summed E-state index contributed by atoms with van der Waals surface area (Å²) >= 11 is 0. The van der Waals surface area contributed by atoms with Gasteiger partial charge in [0.1, 0.15) is 16.9 Å². The number of carbonyl (C=O) groups is 1. The predicted molar refractivity (Wildman–Crippen MR) is 141 cm³/mol. The zero-order valence-electron chi connectivity index (χ0n) is 19.5. The van der Waals surface area contributed by atoms with Crippen LogP contribution in [-0.2, 0) is 6.42 Å². The number of para-hydroxylation sites is 2. The van der Waals surface area contributed by atoms with Crippen LogP contribution in [0.25, 0.3) is 22.2 Å². The van der Waals surface area contributed by atoms with E-state index in [9.17, 15) is 4.79 Å². The average Bonchev–Trinajstić information content (AvgIpc) is 3.14. The Morgan fingerprint density at radius 1 is 1.00 bits per heavy atom. The molecule has 0 radical (unpaired) electrons. The van der Waals surface area contributed by atoms with Gasteiger partial charge >= 0.3 is 0 Å². The number of benzene rings is 3. The monoisotopic (exact) mass is 462 g/mol. The van der Waals surface area contributed by atoms with Crippen LogP contribution in [0, 0.1) is 6.92 Å². The number of hydrogen-bond acceptors (Lipinski definition) is 5. The van der Waals surface area contributed by atoms with Crippen molar-refractivity contribution in [1.82, 2.24) is 20.0 Å². The zero-order valence-corrected chi connectivity index (χ0v) is 19.5. The number of anilines is 1. The maximum absolute atomic E-state index is 13.2. The molecule has 7 heteroatoms. The minimum absolute atomic E-state index is 0.208. The Hall–Kier alpha value is -4.52. The number of aryl methyl sites for hydroxylation is 2. The first-order chi connectivity index (χ1) is 17.1. The number of rotatable bonds is 7. The van der Waals surface area contributed by atoms with Crippen LogP contribution in [0.2, 0.25) is 0 Å². The van der Waals surface area contributed by atoms with Crippen LogP contribution in [0.1, 0.15) is 33.5 Å². The van der Waals surface area contributed by atoms with E-state index in [2.05, 4.69) is 22.6 Å². The van der Waals surface area contributed by atoms with E-state index in [0.717, 1.165) is 24.0 Å². The van der Waals surface area contributed by atoms with Crippen LogP contribution in [-0.4, -0.2) is 33.3 Å². The molecule has 3 aromatic carbocycles. The maximum atomic E-state index is 13.2. The summed E-state index contributed by atoms with van der Waals surface area (Å²) in [6, 6.07) is 25.7. The molecule has 0 unspecified atom stereocenters. The standard InChI is InChI=1S/C28H26N6O/c1-19-9-7-12-21(17-19)18-31-34-26(29)24(25-27(34)33-23-15-6-5-14-22(23)32-25)28(35)30-16-8-13-20-10-3-2-4-11-20/h2-7,9-12,14-15,17-18H,8,13,16,29H2,1H3,(H,30,35). The first kappa shape index (κ1) is 22.3. The van der Waals surface area contributed by atoms with E-state index in [1.54, 1.807) is 6.21 Å². The van der Waals surface area contributed by atoms with Gasteiger partial charge in [-0.05, 0) is 43.0 Å². The molecule has 0 aliphatic rings. The number of nitrogens with two attached hydrogens (primary N) is 1. The van der Waals surface area contributed by atoms with Crippen molar-refractivity contribution in [2.45, 2.75) is 19.8 Å². The summed E-state index contributed by atoms with van der Waals surface area (Å²) < 4.78 is 1.50. The molecule has 2 heterocycles. The predicted octanol–water partition coefficient (Wildman–Crippen LogP) is 4.72. The smallest absolute Gasteiger partial charge is 0.257 e. The number of nitrogens with zero attached hydrogens (tertiary/aromatic N) is 4. The SMILES string of the molecule is Cc1cccc(C=Nn2c(N)c(C(=O)NCCCc3ccccc3)c3nc4ccccc4nc32)c1. The van der Waals surface area contributed by atoms with Gasteiger partial charge in [0.15, 0.2) is 5.65 Å². The van der Waals surface area contributed by atoms with E-state index in [-0.39, 0.29) is 11.7 Å². The van der Waals surface area contributed by atoms with E-state index in [1.165, 1.54) is 10.2 Å². The van der Waals surface area contributed by atoms with Crippen LogP contribution in [0.15, 0.2) is 84.0 Å². The van der Waals surface area contributed by atoms with Crippen molar-refractivity contribution in [3.63, 3.8) is 0 Å². The Labute approximate surface area is 203 Å². The number of amides is 1. The van der Waals surface area contributed by atoms with E-state index in [1.807, 2.05) is 73.7 Å². The summed E-state index contributed by atoms with van der Waals surface area (Å²) in [5.74, 6) is -0.0746. The highest BCUT2D eigenvalue weighted by Gasteiger charge is 2.23. The minimum atomic E-state index is -0.283. The van der Waals surface area contributed by atoms with E-state index in [4.69, 9.17) is 15.7 Å². The third-order valence-corrected chi connectivity index (χ3v) is 5.84. The molecular weight excluding hydrogens is 436 g/mol. The molecule has 0 spiro atoms. The average molecular weight is 463 g/mol. The maximum Gasteiger partial charge on any atom is 0.257 e. The van der Waals surface area contributed by atoms with Crippen molar-refractivity contribution in [3.8, 4) is 0 Å². The number of nitrogen functional groups attached to an aromatic ring is 1. The molecule has 174 valence electrons. The molecule has 7 nitrogen and oxygen atoms in total. The highest BCUT2D eigenvalue weighted by molar-refractivity contribution is 6.10. The fourth-order valence-corrected chi connectivity index (χ4v) is 4.09. The van der Waals surface area contributed by atoms with Gasteiger partial charge in [-0.15, -0.1) is 0 Å². The molecule has 0 aliphatic carbocycles. The quantitative estimate of drug-likeness (QED) is 0.270. The number of carbonyl (C=O) groups excluding carboxylic acids is 1. The number of nitrogens with one attached hydrogen (secondary N) is 1. The molecule has 0 fully saturated rings. The highest BCUT2D eigenvalue weighted by Crippen LogP contribution is 2.27. The molecule has 0 aliphatic heterocycles. The van der Waals surface area contributed by atoms with E-state index in [0.29, 0.717) is 34.3 Å². The number of fused-ring (bicyclic) bond motifs is 2. The first-order valence-electron chi connectivity index (χ1n) is 11.6. The Bertz CT molecular complexity index is 1540. The van der Waals surface area contributed by atoms with Gasteiger partial charge < -0.3 is 11.1 Å². The van der Waals surface area contributed by atoms with Gasteiger partial charge in [-0.3, -0.25) is 4.79 Å². The van der Waals surface area contributed by atoms with Crippen molar-refractivity contribution < 1.29 is 4.79 Å². The van der Waals surface area contributed by atoms with Crippen molar-refractivity contribution >= 4 is 40.1 Å². The molecule has 0 atom stereocenters. The van der Waals surface area contributed by atoms with Crippen molar-refractivity contribution in [1.29, 1.82) is 0 Å². The zero-order chi connectivity index (χ0) is 24.2. The van der Waals surface area contributed by atoms with Gasteiger partial charge in [0.25, 0.3) is 5.91 Å². The summed E-state index contributed by atoms with van der Waals surface area (Å²) in [6.07, 6.45) is 3.40. The molecule has 1 amide bonds. The van der Waals surface area contributed by atoms with Crippen LogP contribution < -0.4 is 11.1 Å². The lowest BCUT2D eigenvalue weighted by atomic mass is 10.1. The Morgan fingerprint density at radius 3 is 2.51 bits per heavy atom. The molecule has 0 saturated carbocycles. The minimum Gasteiger partial charge on any atom is -0.383 e. The molecule has 2 aromatic heterocycles. The Kier molecular flexibility index (Phi) is 6.22. The van der Waals surface area contributed by atoms with Gasteiger partial charge in [0, 0.05) is 6.54 Å². The fraction of sp³-hybridized carbons (Fsp3) is 0.143. The Morgan fingerprint density at radius 2 is 1.74 bits per heavy atom. The van der Waals surface area contributed by atoms with Crippen LogP contribution in [0.5, 0.6) is 0 Å². The molecule has 5 aromatic rings. The van der Waals surface area contributed by atoms with Gasteiger partial charge in [-0.25, -0.2) is 9.97 Å². The molecule has 0 saturated heterocycles. The molecular formula is C28H26N6O. The number of hydrogen-bond donors (Lipinski definition) is 2. The third kappa shape index (κ3) is 4.75. The second kappa shape index (κ2) is 9.77. The normalized spacial score (nSPS) is 11.5. The van der Waals surface area contributed by atoms with Gasteiger partial charge in [0.2, 0.25) is 0 Å². The van der Waals surface area contributed by atoms with Crippen LogP contribution in [0.4, 0.5) is 5.82 Å². The van der Waals surface area contributed by atoms with Gasteiger partial charge in [-0.2, -0.15) is 9.78 Å². The van der Waals surface area contributed by atoms with Crippen molar-refractivity contribution in [2.75, 3.05) is 12.3 Å². The molecule has 0 bridgehead atoms. The third-order valence-electron chi connectivity index (χ3n) is 5.84. The lowest BCUT2D eigenvalue weighted by Crippen LogP contribution is -2.25. The first-order valence-corrected chi connectivity index (χ1v) is 11.6. The summed E-state index contributed by atoms with van der Waals surface area (Å²) in [5.41, 5.74) is 12.3. The second-order valence-corrected chi connectivity index (χ2v) is 8.46. The fourth-order valence-electron chi connectivity index (χ4n) is 4.09. The largest absolute Gasteiger partial charge is 0.383 e. The second-order valence-electron chi connectivity index (χ2n) is 8.46. The molecule has 5 rings (SSSR count). The number of aromatic nitrogens is 3. The van der Waals surface area contributed by atoms with E-state index >= 15 is 0 Å². The lowest BCUT2D eigenvalue weighted by molar-refractivity contribution is 0.0955.